The van der Waals surface area contributed by atoms with E-state index >= 15 is 0 Å². The van der Waals surface area contributed by atoms with Crippen LogP contribution in [-0.4, -0.2) is 39.3 Å². The summed E-state index contributed by atoms with van der Waals surface area (Å²) in [5.74, 6) is -1.12. The van der Waals surface area contributed by atoms with Crippen molar-refractivity contribution in [3.8, 4) is 0 Å². The molecule has 0 bridgehead atoms. The summed E-state index contributed by atoms with van der Waals surface area (Å²) < 4.78 is 0. The first-order valence-electron chi connectivity index (χ1n) is 5.65. The number of aryl methyl sites for hydroxylation is 1. The zero-order valence-corrected chi connectivity index (χ0v) is 11.6. The maximum Gasteiger partial charge on any atom is 0.315 e. The molecule has 1 atom stereocenters. The van der Waals surface area contributed by atoms with Gasteiger partial charge in [0.25, 0.3) is 0 Å². The number of nitrogens with zero attached hydrogens (tertiary/aromatic N) is 1. The topological polar surface area (TPSA) is 112 Å². The maximum atomic E-state index is 11.5. The number of carboxylic acid groups (broad SMARTS) is 1. The first kappa shape index (κ1) is 15.4. The highest BCUT2D eigenvalue weighted by atomic mass is 32.1. The number of amides is 2. The highest BCUT2D eigenvalue weighted by Gasteiger charge is 2.24. The summed E-state index contributed by atoms with van der Waals surface area (Å²) in [6.07, 6.45) is -0.432. The predicted molar refractivity (Wildman–Crippen MR) is 70.0 cm³/mol. The Morgan fingerprint density at radius 1 is 1.47 bits per heavy atom. The van der Waals surface area contributed by atoms with Crippen molar-refractivity contribution in [3.05, 3.63) is 16.1 Å². The largest absolute Gasteiger partial charge is 0.481 e. The minimum Gasteiger partial charge on any atom is -0.481 e. The molecule has 1 rings (SSSR count). The molecular formula is C11H17N3O4S. The minimum atomic E-state index is -1.47. The van der Waals surface area contributed by atoms with Crippen molar-refractivity contribution in [2.75, 3.05) is 6.54 Å². The molecule has 1 aromatic heterocycles. The molecule has 1 heterocycles. The van der Waals surface area contributed by atoms with Gasteiger partial charge in [0.1, 0.15) is 5.01 Å². The first-order valence-corrected chi connectivity index (χ1v) is 6.53. The van der Waals surface area contributed by atoms with E-state index in [1.807, 2.05) is 12.3 Å². The molecule has 1 unspecified atom stereocenters. The van der Waals surface area contributed by atoms with Crippen LogP contribution in [0.3, 0.4) is 0 Å². The van der Waals surface area contributed by atoms with Crippen molar-refractivity contribution in [2.24, 2.45) is 0 Å². The van der Waals surface area contributed by atoms with Crippen LogP contribution < -0.4 is 10.6 Å². The van der Waals surface area contributed by atoms with Crippen molar-refractivity contribution >= 4 is 23.3 Å². The number of urea groups is 1. The number of carbonyl (C=O) groups excluding carboxylic acids is 1. The monoisotopic (exact) mass is 287 g/mol. The Kier molecular flexibility index (Phi) is 5.25. The molecule has 19 heavy (non-hydrogen) atoms. The van der Waals surface area contributed by atoms with Crippen LogP contribution in [0.5, 0.6) is 0 Å². The van der Waals surface area contributed by atoms with E-state index in [0.29, 0.717) is 6.54 Å². The van der Waals surface area contributed by atoms with Gasteiger partial charge in [0.05, 0.1) is 18.6 Å². The molecule has 4 N–H and O–H groups in total. The molecule has 0 aliphatic carbocycles. The minimum absolute atomic E-state index is 0.137. The van der Waals surface area contributed by atoms with Gasteiger partial charge in [-0.2, -0.15) is 0 Å². The normalized spacial score (nSPS) is 13.6. The van der Waals surface area contributed by atoms with Gasteiger partial charge in [0.2, 0.25) is 0 Å². The Morgan fingerprint density at radius 3 is 2.68 bits per heavy atom. The molecule has 0 radical (unpaired) electrons. The van der Waals surface area contributed by atoms with Gasteiger partial charge in [-0.1, -0.05) is 0 Å². The summed E-state index contributed by atoms with van der Waals surface area (Å²) in [4.78, 5) is 26.1. The molecule has 2 amide bonds. The Bertz CT molecular complexity index is 459. The number of hydrogen-bond donors (Lipinski definition) is 4. The van der Waals surface area contributed by atoms with Crippen LogP contribution in [0.1, 0.15) is 24.0 Å². The van der Waals surface area contributed by atoms with E-state index in [1.54, 1.807) is 0 Å². The summed E-state index contributed by atoms with van der Waals surface area (Å²) >= 11 is 1.44. The van der Waals surface area contributed by atoms with E-state index in [2.05, 4.69) is 15.6 Å². The third-order valence-electron chi connectivity index (χ3n) is 2.23. The van der Waals surface area contributed by atoms with Crippen molar-refractivity contribution < 1.29 is 19.8 Å². The molecule has 7 nitrogen and oxygen atoms in total. The molecule has 0 aliphatic heterocycles. The number of aliphatic carboxylic acids is 1. The van der Waals surface area contributed by atoms with Gasteiger partial charge < -0.3 is 20.8 Å². The molecule has 0 saturated heterocycles. The average molecular weight is 287 g/mol. The SMILES string of the molecule is Cc1csc(CNC(=O)NCC(C)(O)CC(=O)O)n1. The van der Waals surface area contributed by atoms with Crippen molar-refractivity contribution in [3.63, 3.8) is 0 Å². The van der Waals surface area contributed by atoms with Crippen LogP contribution in [0.4, 0.5) is 4.79 Å². The van der Waals surface area contributed by atoms with E-state index < -0.39 is 24.0 Å². The van der Waals surface area contributed by atoms with Crippen LogP contribution >= 0.6 is 11.3 Å². The number of aromatic nitrogens is 1. The van der Waals surface area contributed by atoms with Gasteiger partial charge in [-0.3, -0.25) is 4.79 Å². The van der Waals surface area contributed by atoms with E-state index in [9.17, 15) is 14.7 Å². The van der Waals surface area contributed by atoms with E-state index in [0.717, 1.165) is 10.7 Å². The van der Waals surface area contributed by atoms with Gasteiger partial charge in [-0.25, -0.2) is 9.78 Å². The van der Waals surface area contributed by atoms with Crippen LogP contribution in [0.15, 0.2) is 5.38 Å². The number of carboxylic acids is 1. The van der Waals surface area contributed by atoms with Crippen LogP contribution in [0.25, 0.3) is 0 Å². The Morgan fingerprint density at radius 2 is 2.16 bits per heavy atom. The fourth-order valence-electron chi connectivity index (χ4n) is 1.36. The van der Waals surface area contributed by atoms with E-state index in [-0.39, 0.29) is 6.54 Å². The lowest BCUT2D eigenvalue weighted by Gasteiger charge is -2.21. The van der Waals surface area contributed by atoms with Crippen LogP contribution in [0.2, 0.25) is 0 Å². The zero-order chi connectivity index (χ0) is 14.5. The highest BCUT2D eigenvalue weighted by Crippen LogP contribution is 2.08. The molecule has 0 saturated carbocycles. The molecular weight excluding hydrogens is 270 g/mol. The summed E-state index contributed by atoms with van der Waals surface area (Å²) in [7, 11) is 0. The number of hydrogen-bond acceptors (Lipinski definition) is 5. The summed E-state index contributed by atoms with van der Waals surface area (Å²) in [6, 6.07) is -0.474. The standard InChI is InChI=1S/C11H17N3O4S/c1-7-5-19-8(14-7)4-12-10(17)13-6-11(2,18)3-9(15)16/h5,18H,3-4,6H2,1-2H3,(H,15,16)(H2,12,13,17). The van der Waals surface area contributed by atoms with E-state index in [1.165, 1.54) is 18.3 Å². The molecule has 1 aromatic rings. The smallest absolute Gasteiger partial charge is 0.315 e. The predicted octanol–water partition coefficient (Wildman–Crippen LogP) is 0.476. The summed E-state index contributed by atoms with van der Waals surface area (Å²) in [6.45, 7) is 3.38. The molecule has 0 aliphatic rings. The third-order valence-corrected chi connectivity index (χ3v) is 3.20. The Labute approximate surface area is 114 Å². The summed E-state index contributed by atoms with van der Waals surface area (Å²) in [5.41, 5.74) is -0.576. The molecule has 106 valence electrons. The highest BCUT2D eigenvalue weighted by molar-refractivity contribution is 7.09. The van der Waals surface area contributed by atoms with Gasteiger partial charge in [0, 0.05) is 17.6 Å². The van der Waals surface area contributed by atoms with E-state index in [4.69, 9.17) is 5.11 Å². The Hall–Kier alpha value is -1.67. The van der Waals surface area contributed by atoms with Gasteiger partial charge >= 0.3 is 12.0 Å². The molecule has 0 aromatic carbocycles. The lowest BCUT2D eigenvalue weighted by molar-refractivity contribution is -0.141. The Balaban J connectivity index is 2.30. The van der Waals surface area contributed by atoms with Gasteiger partial charge in [0.15, 0.2) is 0 Å². The lowest BCUT2D eigenvalue weighted by atomic mass is 10.0. The van der Waals surface area contributed by atoms with Crippen molar-refractivity contribution in [1.82, 2.24) is 15.6 Å². The van der Waals surface area contributed by atoms with Crippen LogP contribution in [-0.2, 0) is 11.3 Å². The number of rotatable bonds is 6. The second kappa shape index (κ2) is 6.48. The number of thiazole rings is 1. The van der Waals surface area contributed by atoms with Crippen LogP contribution in [0, 0.1) is 6.92 Å². The molecule has 0 fully saturated rings. The number of nitrogens with one attached hydrogen (secondary N) is 2. The zero-order valence-electron chi connectivity index (χ0n) is 10.8. The molecule has 0 spiro atoms. The fourth-order valence-corrected chi connectivity index (χ4v) is 2.07. The molecule has 8 heteroatoms. The van der Waals surface area contributed by atoms with Gasteiger partial charge in [-0.15, -0.1) is 11.3 Å². The van der Waals surface area contributed by atoms with Crippen molar-refractivity contribution in [1.29, 1.82) is 0 Å². The quantitative estimate of drug-likeness (QED) is 0.608. The fraction of sp³-hybridized carbons (Fsp3) is 0.545. The second-order valence-electron chi connectivity index (χ2n) is 4.49. The maximum absolute atomic E-state index is 11.5. The van der Waals surface area contributed by atoms with Crippen molar-refractivity contribution in [2.45, 2.75) is 32.4 Å². The van der Waals surface area contributed by atoms with Gasteiger partial charge in [-0.05, 0) is 13.8 Å². The first-order chi connectivity index (χ1) is 8.78. The lowest BCUT2D eigenvalue weighted by Crippen LogP contribution is -2.45. The summed E-state index contributed by atoms with van der Waals surface area (Å²) in [5, 5.41) is 25.9. The third kappa shape index (κ3) is 6.16. The number of carbonyl (C=O) groups is 2. The average Bonchev–Trinajstić information content (AvgIpc) is 2.68. The second-order valence-corrected chi connectivity index (χ2v) is 5.43. The number of aliphatic hydroxyl groups is 1.